The van der Waals surface area contributed by atoms with E-state index in [0.29, 0.717) is 17.3 Å². The lowest BCUT2D eigenvalue weighted by Crippen LogP contribution is -1.86. The van der Waals surface area contributed by atoms with Crippen molar-refractivity contribution < 1.29 is 8.78 Å². The number of hydrogen-bond donors (Lipinski definition) is 0. The summed E-state index contributed by atoms with van der Waals surface area (Å²) in [6.07, 6.45) is 0. The monoisotopic (exact) mass is 199 g/mol. The molecule has 0 aromatic heterocycles. The Hall–Kier alpha value is -1.08. The van der Waals surface area contributed by atoms with Crippen molar-refractivity contribution in [2.45, 2.75) is 11.5 Å². The van der Waals surface area contributed by atoms with Crippen molar-refractivity contribution in [2.24, 2.45) is 0 Å². The van der Waals surface area contributed by atoms with Crippen LogP contribution in [0.25, 0.3) is 0 Å². The molecule has 68 valence electrons. The molecule has 0 saturated carbocycles. The van der Waals surface area contributed by atoms with E-state index in [1.807, 2.05) is 6.07 Å². The smallest absolute Gasteiger partial charge is 0.198 e. The van der Waals surface area contributed by atoms with Crippen LogP contribution in [-0.4, -0.2) is 5.76 Å². The lowest BCUT2D eigenvalue weighted by molar-refractivity contribution is 0.252. The topological polar surface area (TPSA) is 23.8 Å². The van der Waals surface area contributed by atoms with Gasteiger partial charge in [0.05, 0.1) is 11.6 Å². The second-order valence-electron chi connectivity index (χ2n) is 2.38. The SMILES string of the molecule is N#Cc1cccc(CSC(F)F)c1. The summed E-state index contributed by atoms with van der Waals surface area (Å²) in [4.78, 5) is 0. The van der Waals surface area contributed by atoms with Crippen molar-refractivity contribution in [1.29, 1.82) is 5.26 Å². The van der Waals surface area contributed by atoms with Crippen molar-refractivity contribution in [1.82, 2.24) is 0 Å². The summed E-state index contributed by atoms with van der Waals surface area (Å²) in [6, 6.07) is 8.65. The van der Waals surface area contributed by atoms with Gasteiger partial charge in [0.15, 0.2) is 0 Å². The summed E-state index contributed by atoms with van der Waals surface area (Å²) in [5.41, 5.74) is 1.26. The Balaban J connectivity index is 2.63. The van der Waals surface area contributed by atoms with Gasteiger partial charge >= 0.3 is 0 Å². The van der Waals surface area contributed by atoms with E-state index < -0.39 is 5.76 Å². The van der Waals surface area contributed by atoms with Gasteiger partial charge in [-0.15, -0.1) is 0 Å². The van der Waals surface area contributed by atoms with Gasteiger partial charge in [0.25, 0.3) is 5.76 Å². The summed E-state index contributed by atoms with van der Waals surface area (Å²) in [6.45, 7) is 0. The summed E-state index contributed by atoms with van der Waals surface area (Å²) in [7, 11) is 0. The number of hydrogen-bond acceptors (Lipinski definition) is 2. The minimum Gasteiger partial charge on any atom is -0.198 e. The van der Waals surface area contributed by atoms with Gasteiger partial charge in [0.1, 0.15) is 0 Å². The normalized spacial score (nSPS) is 10.0. The van der Waals surface area contributed by atoms with Crippen LogP contribution in [0.2, 0.25) is 0 Å². The zero-order chi connectivity index (χ0) is 9.68. The third-order valence-corrected chi connectivity index (χ3v) is 2.18. The maximum Gasteiger partial charge on any atom is 0.284 e. The van der Waals surface area contributed by atoms with Crippen LogP contribution >= 0.6 is 11.8 Å². The quantitative estimate of drug-likeness (QED) is 0.747. The first-order valence-electron chi connectivity index (χ1n) is 3.61. The van der Waals surface area contributed by atoms with Crippen LogP contribution in [0.1, 0.15) is 11.1 Å². The first-order chi connectivity index (χ1) is 6.22. The molecular weight excluding hydrogens is 192 g/mol. The van der Waals surface area contributed by atoms with Crippen molar-refractivity contribution in [3.63, 3.8) is 0 Å². The van der Waals surface area contributed by atoms with Crippen LogP contribution in [0.4, 0.5) is 8.78 Å². The molecule has 1 nitrogen and oxygen atoms in total. The molecule has 0 radical (unpaired) electrons. The molecule has 0 N–H and O–H groups in total. The summed E-state index contributed by atoms with van der Waals surface area (Å²) >= 11 is 0.561. The van der Waals surface area contributed by atoms with Crippen molar-refractivity contribution >= 4 is 11.8 Å². The highest BCUT2D eigenvalue weighted by atomic mass is 32.2. The van der Waals surface area contributed by atoms with Crippen LogP contribution in [0, 0.1) is 11.3 Å². The first-order valence-corrected chi connectivity index (χ1v) is 4.66. The molecule has 0 aliphatic carbocycles. The Morgan fingerprint density at radius 1 is 1.46 bits per heavy atom. The van der Waals surface area contributed by atoms with Gasteiger partial charge in [0, 0.05) is 5.75 Å². The van der Waals surface area contributed by atoms with Crippen molar-refractivity contribution in [3.8, 4) is 6.07 Å². The van der Waals surface area contributed by atoms with Crippen LogP contribution in [-0.2, 0) is 5.75 Å². The molecule has 1 aromatic carbocycles. The molecule has 0 aliphatic heterocycles. The Bertz CT molecular complexity index is 320. The number of alkyl halides is 2. The third kappa shape index (κ3) is 3.43. The van der Waals surface area contributed by atoms with Gasteiger partial charge in [-0.2, -0.15) is 14.0 Å². The fourth-order valence-electron chi connectivity index (χ4n) is 0.890. The lowest BCUT2D eigenvalue weighted by atomic mass is 10.2. The largest absolute Gasteiger partial charge is 0.284 e. The highest BCUT2D eigenvalue weighted by Crippen LogP contribution is 2.19. The molecule has 1 rings (SSSR count). The standard InChI is InChI=1S/C9H7F2NS/c10-9(11)13-6-8-3-1-2-7(4-8)5-12/h1-4,9H,6H2. The van der Waals surface area contributed by atoms with Gasteiger partial charge < -0.3 is 0 Å². The highest BCUT2D eigenvalue weighted by molar-refractivity contribution is 7.98. The number of benzene rings is 1. The molecular formula is C9H7F2NS. The average molecular weight is 199 g/mol. The van der Waals surface area contributed by atoms with E-state index in [2.05, 4.69) is 0 Å². The molecule has 0 fully saturated rings. The second kappa shape index (κ2) is 4.83. The Morgan fingerprint density at radius 3 is 2.85 bits per heavy atom. The third-order valence-electron chi connectivity index (χ3n) is 1.43. The molecule has 0 heterocycles. The molecule has 0 atom stereocenters. The van der Waals surface area contributed by atoms with Crippen LogP contribution < -0.4 is 0 Å². The molecule has 1 aromatic rings. The molecule has 0 spiro atoms. The molecule has 0 bridgehead atoms. The number of rotatable bonds is 3. The molecule has 13 heavy (non-hydrogen) atoms. The highest BCUT2D eigenvalue weighted by Gasteiger charge is 2.03. The Kier molecular flexibility index (Phi) is 3.71. The predicted molar refractivity (Wildman–Crippen MR) is 48.5 cm³/mol. The first kappa shape index (κ1) is 10.0. The fraction of sp³-hybridized carbons (Fsp3) is 0.222. The molecule has 0 amide bonds. The second-order valence-corrected chi connectivity index (χ2v) is 3.36. The zero-order valence-electron chi connectivity index (χ0n) is 6.71. The Morgan fingerprint density at radius 2 is 2.23 bits per heavy atom. The van der Waals surface area contributed by atoms with E-state index >= 15 is 0 Å². The molecule has 4 heteroatoms. The maximum absolute atomic E-state index is 11.8. The van der Waals surface area contributed by atoms with Gasteiger partial charge in [-0.1, -0.05) is 23.9 Å². The summed E-state index contributed by atoms with van der Waals surface area (Å²) in [5.74, 6) is -2.11. The molecule has 0 saturated heterocycles. The van der Waals surface area contributed by atoms with E-state index in [-0.39, 0.29) is 5.75 Å². The van der Waals surface area contributed by atoms with Crippen molar-refractivity contribution in [3.05, 3.63) is 35.4 Å². The van der Waals surface area contributed by atoms with E-state index in [0.717, 1.165) is 5.56 Å². The van der Waals surface area contributed by atoms with Gasteiger partial charge in [-0.25, -0.2) is 0 Å². The average Bonchev–Trinajstić information content (AvgIpc) is 2.15. The number of nitrogens with zero attached hydrogens (tertiary/aromatic N) is 1. The van der Waals surface area contributed by atoms with E-state index in [9.17, 15) is 8.78 Å². The maximum atomic E-state index is 11.8. The number of thioether (sulfide) groups is 1. The van der Waals surface area contributed by atoms with Gasteiger partial charge in [-0.05, 0) is 17.7 Å². The van der Waals surface area contributed by atoms with Crippen LogP contribution in [0.3, 0.4) is 0 Å². The van der Waals surface area contributed by atoms with Gasteiger partial charge in [-0.3, -0.25) is 0 Å². The van der Waals surface area contributed by atoms with E-state index in [1.54, 1.807) is 24.3 Å². The summed E-state index contributed by atoms with van der Waals surface area (Å²) in [5, 5.41) is 8.53. The fourth-order valence-corrected chi connectivity index (χ4v) is 1.39. The van der Waals surface area contributed by atoms with Crippen molar-refractivity contribution in [2.75, 3.05) is 0 Å². The minimum atomic E-state index is -2.36. The van der Waals surface area contributed by atoms with Crippen LogP contribution in [0.5, 0.6) is 0 Å². The molecule has 0 aliphatic rings. The predicted octanol–water partition coefficient (Wildman–Crippen LogP) is 3.01. The summed E-state index contributed by atoms with van der Waals surface area (Å²) < 4.78 is 23.6. The number of nitriles is 1. The Labute approximate surface area is 79.4 Å². The van der Waals surface area contributed by atoms with E-state index in [1.165, 1.54) is 0 Å². The lowest BCUT2D eigenvalue weighted by Gasteiger charge is -2.00. The van der Waals surface area contributed by atoms with Gasteiger partial charge in [0.2, 0.25) is 0 Å². The van der Waals surface area contributed by atoms with E-state index in [4.69, 9.17) is 5.26 Å². The van der Waals surface area contributed by atoms with Crippen LogP contribution in [0.15, 0.2) is 24.3 Å². The zero-order valence-corrected chi connectivity index (χ0v) is 7.52. The molecule has 0 unspecified atom stereocenters. The minimum absolute atomic E-state index is 0.243. The number of halogens is 2.